The minimum Gasteiger partial charge on any atom is -0.317 e. The summed E-state index contributed by atoms with van der Waals surface area (Å²) < 4.78 is 27.3. The van der Waals surface area contributed by atoms with Crippen LogP contribution in [0.4, 0.5) is 0 Å². The highest BCUT2D eigenvalue weighted by atomic mass is 35.5. The largest absolute Gasteiger partial charge is 0.317 e. The summed E-state index contributed by atoms with van der Waals surface area (Å²) in [5.74, 6) is -0.0583. The van der Waals surface area contributed by atoms with Crippen molar-refractivity contribution in [2.45, 2.75) is 38.0 Å². The average Bonchev–Trinajstić information content (AvgIpc) is 2.43. The predicted molar refractivity (Wildman–Crippen MR) is 92.0 cm³/mol. The van der Waals surface area contributed by atoms with Crippen molar-refractivity contribution in [1.82, 2.24) is 9.62 Å². The van der Waals surface area contributed by atoms with E-state index in [1.54, 1.807) is 22.5 Å². The van der Waals surface area contributed by atoms with E-state index in [0.717, 1.165) is 32.4 Å². The molecule has 0 radical (unpaired) electrons. The molecule has 0 atom stereocenters. The summed E-state index contributed by atoms with van der Waals surface area (Å²) >= 11 is 11.9. The van der Waals surface area contributed by atoms with Gasteiger partial charge in [0.05, 0.1) is 5.75 Å². The van der Waals surface area contributed by atoms with Crippen LogP contribution >= 0.6 is 23.2 Å². The number of hydrogen-bond acceptors (Lipinski definition) is 3. The fourth-order valence-corrected chi connectivity index (χ4v) is 5.30. The van der Waals surface area contributed by atoms with Gasteiger partial charge in [0.25, 0.3) is 0 Å². The van der Waals surface area contributed by atoms with E-state index in [1.807, 2.05) is 6.92 Å². The molecule has 0 spiro atoms. The van der Waals surface area contributed by atoms with Gasteiger partial charge in [-0.3, -0.25) is 0 Å². The molecule has 0 saturated carbocycles. The summed E-state index contributed by atoms with van der Waals surface area (Å²) in [7, 11) is -3.38. The van der Waals surface area contributed by atoms with Gasteiger partial charge in [-0.05, 0) is 56.1 Å². The molecule has 124 valence electrons. The molecule has 22 heavy (non-hydrogen) atoms. The van der Waals surface area contributed by atoms with E-state index >= 15 is 0 Å². The zero-order valence-corrected chi connectivity index (χ0v) is 15.0. The quantitative estimate of drug-likeness (QED) is 0.842. The Morgan fingerprint density at radius 1 is 1.18 bits per heavy atom. The SMILES string of the molecule is CCCN(C1CCNCC1)S(=O)(=O)Cc1cc(Cl)cc(Cl)c1. The molecule has 1 saturated heterocycles. The average molecular weight is 365 g/mol. The normalized spacial score (nSPS) is 17.1. The topological polar surface area (TPSA) is 49.4 Å². The summed E-state index contributed by atoms with van der Waals surface area (Å²) in [6.45, 7) is 4.29. The van der Waals surface area contributed by atoms with Crippen molar-refractivity contribution in [3.63, 3.8) is 0 Å². The number of halogens is 2. The number of sulfonamides is 1. The van der Waals surface area contributed by atoms with Crippen molar-refractivity contribution in [2.75, 3.05) is 19.6 Å². The molecule has 2 rings (SSSR count). The second kappa shape index (κ2) is 7.97. The van der Waals surface area contributed by atoms with Crippen LogP contribution in [-0.4, -0.2) is 38.4 Å². The number of piperidine rings is 1. The Kier molecular flexibility index (Phi) is 6.53. The molecule has 4 nitrogen and oxygen atoms in total. The van der Waals surface area contributed by atoms with Gasteiger partial charge in [0.1, 0.15) is 0 Å². The molecule has 0 aromatic heterocycles. The van der Waals surface area contributed by atoms with E-state index in [9.17, 15) is 8.42 Å². The number of nitrogens with one attached hydrogen (secondary N) is 1. The van der Waals surface area contributed by atoms with Crippen LogP contribution < -0.4 is 5.32 Å². The third kappa shape index (κ3) is 4.83. The molecule has 1 aromatic rings. The lowest BCUT2D eigenvalue weighted by molar-refractivity contribution is 0.262. The van der Waals surface area contributed by atoms with Crippen LogP contribution in [0.25, 0.3) is 0 Å². The molecular weight excluding hydrogens is 343 g/mol. The first-order chi connectivity index (χ1) is 10.4. The Hall–Kier alpha value is -0.330. The third-order valence-electron chi connectivity index (χ3n) is 3.79. The highest BCUT2D eigenvalue weighted by Gasteiger charge is 2.30. The van der Waals surface area contributed by atoms with Gasteiger partial charge in [-0.15, -0.1) is 0 Å². The first-order valence-electron chi connectivity index (χ1n) is 7.57. The van der Waals surface area contributed by atoms with Crippen LogP contribution in [-0.2, 0) is 15.8 Å². The molecule has 1 fully saturated rings. The number of rotatable bonds is 6. The third-order valence-corrected chi connectivity index (χ3v) is 6.12. The van der Waals surface area contributed by atoms with Crippen LogP contribution in [0.2, 0.25) is 10.0 Å². The number of benzene rings is 1. The van der Waals surface area contributed by atoms with E-state index in [0.29, 0.717) is 22.2 Å². The Morgan fingerprint density at radius 3 is 2.32 bits per heavy atom. The van der Waals surface area contributed by atoms with Crippen molar-refractivity contribution in [3.05, 3.63) is 33.8 Å². The zero-order valence-electron chi connectivity index (χ0n) is 12.7. The molecule has 1 aliphatic rings. The minimum atomic E-state index is -3.38. The van der Waals surface area contributed by atoms with E-state index in [2.05, 4.69) is 5.32 Å². The van der Waals surface area contributed by atoms with Crippen molar-refractivity contribution in [2.24, 2.45) is 0 Å². The van der Waals surface area contributed by atoms with Crippen LogP contribution in [0, 0.1) is 0 Å². The molecule has 7 heteroatoms. The maximum atomic E-state index is 12.8. The lowest BCUT2D eigenvalue weighted by atomic mass is 10.1. The Labute approximate surface area is 142 Å². The number of nitrogens with zero attached hydrogens (tertiary/aromatic N) is 1. The van der Waals surface area contributed by atoms with Crippen LogP contribution in [0.3, 0.4) is 0 Å². The van der Waals surface area contributed by atoms with Gasteiger partial charge in [-0.25, -0.2) is 8.42 Å². The predicted octanol–water partition coefficient (Wildman–Crippen LogP) is 3.29. The van der Waals surface area contributed by atoms with Crippen molar-refractivity contribution < 1.29 is 8.42 Å². The van der Waals surface area contributed by atoms with Crippen LogP contribution in [0.5, 0.6) is 0 Å². The van der Waals surface area contributed by atoms with Gasteiger partial charge in [-0.2, -0.15) is 4.31 Å². The van der Waals surface area contributed by atoms with Crippen molar-refractivity contribution >= 4 is 33.2 Å². The Balaban J connectivity index is 2.20. The molecular formula is C15H22Cl2N2O2S. The molecule has 0 amide bonds. The summed E-state index contributed by atoms with van der Waals surface area (Å²) in [6, 6.07) is 5.02. The van der Waals surface area contributed by atoms with Gasteiger partial charge in [0.15, 0.2) is 0 Å². The number of hydrogen-bond donors (Lipinski definition) is 1. The van der Waals surface area contributed by atoms with Gasteiger partial charge in [-0.1, -0.05) is 30.1 Å². The minimum absolute atomic E-state index is 0.0583. The molecule has 1 aliphatic heterocycles. The first-order valence-corrected chi connectivity index (χ1v) is 9.94. The summed E-state index contributed by atoms with van der Waals surface area (Å²) in [6.07, 6.45) is 2.52. The monoisotopic (exact) mass is 364 g/mol. The van der Waals surface area contributed by atoms with E-state index in [1.165, 1.54) is 0 Å². The highest BCUT2D eigenvalue weighted by Crippen LogP contribution is 2.24. The lowest BCUT2D eigenvalue weighted by Gasteiger charge is -2.33. The van der Waals surface area contributed by atoms with Crippen LogP contribution in [0.1, 0.15) is 31.7 Å². The van der Waals surface area contributed by atoms with E-state index < -0.39 is 10.0 Å². The van der Waals surface area contributed by atoms with Gasteiger partial charge in [0, 0.05) is 22.6 Å². The lowest BCUT2D eigenvalue weighted by Crippen LogP contribution is -2.46. The second-order valence-electron chi connectivity index (χ2n) is 5.63. The second-order valence-corrected chi connectivity index (χ2v) is 8.42. The molecule has 0 aliphatic carbocycles. The Morgan fingerprint density at radius 2 is 1.77 bits per heavy atom. The summed E-state index contributed by atoms with van der Waals surface area (Å²) in [5.41, 5.74) is 0.632. The van der Waals surface area contributed by atoms with Gasteiger partial charge < -0.3 is 5.32 Å². The van der Waals surface area contributed by atoms with Gasteiger partial charge >= 0.3 is 0 Å². The standard InChI is InChI=1S/C15H22Cl2N2O2S/c1-2-7-19(15-3-5-18-6-4-15)22(20,21)11-12-8-13(16)10-14(17)9-12/h8-10,15,18H,2-7,11H2,1H3. The molecule has 0 unspecified atom stereocenters. The smallest absolute Gasteiger partial charge is 0.218 e. The highest BCUT2D eigenvalue weighted by molar-refractivity contribution is 7.88. The zero-order chi connectivity index (χ0) is 16.2. The maximum Gasteiger partial charge on any atom is 0.218 e. The van der Waals surface area contributed by atoms with E-state index in [-0.39, 0.29) is 11.8 Å². The van der Waals surface area contributed by atoms with Gasteiger partial charge in [0.2, 0.25) is 10.0 Å². The fourth-order valence-electron chi connectivity index (χ4n) is 2.85. The molecule has 1 aromatic carbocycles. The molecule has 1 N–H and O–H groups in total. The first kappa shape index (κ1) is 18.0. The molecule has 1 heterocycles. The Bertz CT molecular complexity index is 581. The fraction of sp³-hybridized carbons (Fsp3) is 0.600. The molecule has 0 bridgehead atoms. The van der Waals surface area contributed by atoms with Crippen LogP contribution in [0.15, 0.2) is 18.2 Å². The summed E-state index contributed by atoms with van der Waals surface area (Å²) in [5, 5.41) is 4.19. The van der Waals surface area contributed by atoms with E-state index in [4.69, 9.17) is 23.2 Å². The maximum absolute atomic E-state index is 12.8. The van der Waals surface area contributed by atoms with Crippen molar-refractivity contribution in [1.29, 1.82) is 0 Å². The summed E-state index contributed by atoms with van der Waals surface area (Å²) in [4.78, 5) is 0. The van der Waals surface area contributed by atoms with Crippen molar-refractivity contribution in [3.8, 4) is 0 Å².